The highest BCUT2D eigenvalue weighted by atomic mass is 28.5. The summed E-state index contributed by atoms with van der Waals surface area (Å²) in [7, 11) is -5.27. The fraction of sp³-hybridized carbons (Fsp3) is 0.950. The van der Waals surface area contributed by atoms with Crippen LogP contribution in [0.5, 0.6) is 0 Å². The average molecular weight is 422 g/mol. The van der Waals surface area contributed by atoms with Gasteiger partial charge in [-0.05, 0) is 78.6 Å². The predicted molar refractivity (Wildman–Crippen MR) is 127 cm³/mol. The van der Waals surface area contributed by atoms with Crippen LogP contribution < -0.4 is 0 Å². The SMILES string of the molecule is CCCC[Si](C)(C)O[Si](C)(C)O[Si](C)(C)CCC[N+](CC)(CC)CC.[CH3-]. The fourth-order valence-electron chi connectivity index (χ4n) is 4.04. The first-order valence-electron chi connectivity index (χ1n) is 10.6. The minimum absolute atomic E-state index is 0. The summed E-state index contributed by atoms with van der Waals surface area (Å²) in [6, 6.07) is 2.51. The van der Waals surface area contributed by atoms with E-state index >= 15 is 0 Å². The summed E-state index contributed by atoms with van der Waals surface area (Å²) in [6.45, 7) is 28.4. The Balaban J connectivity index is 0. The van der Waals surface area contributed by atoms with E-state index in [1.807, 2.05) is 0 Å². The maximum atomic E-state index is 6.74. The number of unbranched alkanes of at least 4 members (excludes halogenated alkanes) is 1. The van der Waals surface area contributed by atoms with E-state index in [9.17, 15) is 0 Å². The summed E-state index contributed by atoms with van der Waals surface area (Å²) in [5, 5.41) is 0. The van der Waals surface area contributed by atoms with E-state index in [1.165, 1.54) is 62.0 Å². The topological polar surface area (TPSA) is 18.5 Å². The molecule has 0 aliphatic rings. The monoisotopic (exact) mass is 421 g/mol. The smallest absolute Gasteiger partial charge is 0.311 e. The third-order valence-corrected chi connectivity index (χ3v) is 17.1. The standard InChI is InChI=1S/C19H48NO2Si3.CH3/c1-11-15-18-23(5,6)21-25(9,10)22-24(7,8)19-16-17-20(12-2,13-3)14-4;/h11-19H2,1-10H3;1H3/q+1;-1. The van der Waals surface area contributed by atoms with Crippen molar-refractivity contribution in [2.75, 3.05) is 26.2 Å². The van der Waals surface area contributed by atoms with Crippen LogP contribution in [0.4, 0.5) is 0 Å². The molecule has 0 atom stereocenters. The van der Waals surface area contributed by atoms with Crippen LogP contribution in [-0.4, -0.2) is 55.9 Å². The van der Waals surface area contributed by atoms with Crippen molar-refractivity contribution in [2.24, 2.45) is 0 Å². The summed E-state index contributed by atoms with van der Waals surface area (Å²) >= 11 is 0. The van der Waals surface area contributed by atoms with Crippen molar-refractivity contribution in [2.45, 2.75) is 98.3 Å². The molecule has 0 saturated carbocycles. The van der Waals surface area contributed by atoms with Crippen LogP contribution in [0.25, 0.3) is 0 Å². The minimum Gasteiger partial charge on any atom is -0.437 e. The molecule has 160 valence electrons. The van der Waals surface area contributed by atoms with Gasteiger partial charge in [0.2, 0.25) is 0 Å². The Kier molecular flexibility index (Phi) is 13.5. The predicted octanol–water partition coefficient (Wildman–Crippen LogP) is 6.65. The molecule has 0 aromatic rings. The molecule has 0 radical (unpaired) electrons. The molecule has 0 aromatic heterocycles. The van der Waals surface area contributed by atoms with Gasteiger partial charge in [-0.3, -0.25) is 0 Å². The van der Waals surface area contributed by atoms with E-state index in [4.69, 9.17) is 8.23 Å². The molecule has 0 aliphatic carbocycles. The van der Waals surface area contributed by atoms with Gasteiger partial charge in [-0.15, -0.1) is 0 Å². The molecule has 0 heterocycles. The third-order valence-electron chi connectivity index (χ3n) is 5.60. The Bertz CT molecular complexity index is 362. The molecule has 6 heteroatoms. The van der Waals surface area contributed by atoms with Crippen LogP contribution in [0.15, 0.2) is 0 Å². The largest absolute Gasteiger partial charge is 0.437 e. The zero-order chi connectivity index (χ0) is 19.8. The Morgan fingerprint density at radius 3 is 1.38 bits per heavy atom. The fourth-order valence-corrected chi connectivity index (χ4v) is 18.3. The second-order valence-electron chi connectivity index (χ2n) is 9.34. The lowest BCUT2D eigenvalue weighted by Gasteiger charge is -2.40. The number of hydrogen-bond acceptors (Lipinski definition) is 2. The average Bonchev–Trinajstić information content (AvgIpc) is 2.47. The van der Waals surface area contributed by atoms with Gasteiger partial charge in [-0.25, -0.2) is 0 Å². The van der Waals surface area contributed by atoms with Gasteiger partial charge in [-0.1, -0.05) is 19.8 Å². The number of nitrogens with zero attached hydrogens (tertiary/aromatic N) is 1. The molecule has 26 heavy (non-hydrogen) atoms. The summed E-state index contributed by atoms with van der Waals surface area (Å²) < 4.78 is 14.6. The molecule has 0 unspecified atom stereocenters. The van der Waals surface area contributed by atoms with Gasteiger partial charge in [0.25, 0.3) is 0 Å². The van der Waals surface area contributed by atoms with Crippen molar-refractivity contribution in [3.8, 4) is 0 Å². The van der Waals surface area contributed by atoms with Gasteiger partial charge in [0, 0.05) is 0 Å². The molecule has 0 saturated heterocycles. The minimum atomic E-state index is -2.03. The molecule has 0 spiro atoms. The summed E-state index contributed by atoms with van der Waals surface area (Å²) in [4.78, 5) is 0. The van der Waals surface area contributed by atoms with E-state index in [0.717, 1.165) is 0 Å². The van der Waals surface area contributed by atoms with E-state index < -0.39 is 25.2 Å². The Morgan fingerprint density at radius 2 is 1.04 bits per heavy atom. The molecule has 0 aromatic carbocycles. The molecule has 0 bridgehead atoms. The molecule has 0 amide bonds. The zero-order valence-electron chi connectivity index (χ0n) is 20.1. The number of rotatable bonds is 14. The lowest BCUT2D eigenvalue weighted by Crippen LogP contribution is -2.53. The summed E-state index contributed by atoms with van der Waals surface area (Å²) in [5.41, 5.74) is 0. The van der Waals surface area contributed by atoms with E-state index in [-0.39, 0.29) is 7.43 Å². The third kappa shape index (κ3) is 11.4. The highest BCUT2D eigenvalue weighted by molar-refractivity contribution is 6.87. The van der Waals surface area contributed by atoms with Crippen LogP contribution in [0, 0.1) is 7.43 Å². The highest BCUT2D eigenvalue weighted by Gasteiger charge is 2.39. The van der Waals surface area contributed by atoms with Gasteiger partial charge >= 0.3 is 8.56 Å². The van der Waals surface area contributed by atoms with E-state index in [2.05, 4.69) is 67.0 Å². The lowest BCUT2D eigenvalue weighted by molar-refractivity contribution is -0.923. The van der Waals surface area contributed by atoms with Crippen molar-refractivity contribution in [1.29, 1.82) is 0 Å². The maximum Gasteiger partial charge on any atom is 0.311 e. The van der Waals surface area contributed by atoms with Crippen LogP contribution in [0.1, 0.15) is 47.0 Å². The van der Waals surface area contributed by atoms with E-state index in [0.29, 0.717) is 0 Å². The van der Waals surface area contributed by atoms with Crippen molar-refractivity contribution in [3.05, 3.63) is 7.43 Å². The first kappa shape index (κ1) is 28.7. The molecule has 0 N–H and O–H groups in total. The first-order valence-corrected chi connectivity index (χ1v) is 19.7. The molecule has 3 nitrogen and oxygen atoms in total. The molecular formula is C20H51NO2Si3. The Labute approximate surface area is 170 Å². The van der Waals surface area contributed by atoms with Gasteiger partial charge < -0.3 is 20.1 Å². The second-order valence-corrected chi connectivity index (χ2v) is 21.8. The maximum absolute atomic E-state index is 6.74. The quantitative estimate of drug-likeness (QED) is 0.177. The van der Waals surface area contributed by atoms with Crippen LogP contribution >= 0.6 is 0 Å². The Hall–Kier alpha value is 0.531. The van der Waals surface area contributed by atoms with Gasteiger partial charge in [0.15, 0.2) is 16.6 Å². The molecular weight excluding hydrogens is 370 g/mol. The summed E-state index contributed by atoms with van der Waals surface area (Å²) in [5.74, 6) is 0. The van der Waals surface area contributed by atoms with Crippen molar-refractivity contribution in [3.63, 3.8) is 0 Å². The van der Waals surface area contributed by atoms with Gasteiger partial charge in [0.1, 0.15) is 0 Å². The van der Waals surface area contributed by atoms with Crippen LogP contribution in [-0.2, 0) is 8.23 Å². The zero-order valence-corrected chi connectivity index (χ0v) is 23.1. The summed E-state index contributed by atoms with van der Waals surface area (Å²) in [6.07, 6.45) is 3.83. The first-order chi connectivity index (χ1) is 11.4. The Morgan fingerprint density at radius 1 is 0.654 bits per heavy atom. The highest BCUT2D eigenvalue weighted by Crippen LogP contribution is 2.26. The normalized spacial score (nSPS) is 13.6. The van der Waals surface area contributed by atoms with Gasteiger partial charge in [-0.2, -0.15) is 0 Å². The number of hydrogen-bond donors (Lipinski definition) is 0. The van der Waals surface area contributed by atoms with E-state index in [1.54, 1.807) is 0 Å². The van der Waals surface area contributed by atoms with Gasteiger partial charge in [0.05, 0.1) is 26.2 Å². The molecule has 0 fully saturated rings. The number of quaternary nitrogens is 1. The van der Waals surface area contributed by atoms with Crippen LogP contribution in [0.3, 0.4) is 0 Å². The van der Waals surface area contributed by atoms with Crippen molar-refractivity contribution >= 4 is 25.2 Å². The van der Waals surface area contributed by atoms with Crippen molar-refractivity contribution < 1.29 is 12.7 Å². The lowest BCUT2D eigenvalue weighted by atomic mass is 10.3. The molecule has 0 aliphatic heterocycles. The van der Waals surface area contributed by atoms with Crippen molar-refractivity contribution in [1.82, 2.24) is 0 Å². The second kappa shape index (κ2) is 12.2. The van der Waals surface area contributed by atoms with Crippen LogP contribution in [0.2, 0.25) is 51.4 Å². The molecule has 0 rings (SSSR count).